The van der Waals surface area contributed by atoms with Crippen molar-refractivity contribution in [2.75, 3.05) is 24.7 Å². The van der Waals surface area contributed by atoms with Gasteiger partial charge in [0.25, 0.3) is 0 Å². The van der Waals surface area contributed by atoms with Gasteiger partial charge in [-0.3, -0.25) is 14.4 Å². The maximum absolute atomic E-state index is 13.6. The first kappa shape index (κ1) is 19.5. The van der Waals surface area contributed by atoms with Crippen LogP contribution in [0.1, 0.15) is 19.8 Å². The van der Waals surface area contributed by atoms with E-state index in [2.05, 4.69) is 5.32 Å². The molecule has 146 valence electrons. The topological polar surface area (TPSA) is 69.7 Å². The van der Waals surface area contributed by atoms with E-state index in [-0.39, 0.29) is 5.91 Å². The number of carbonyl (C=O) groups is 3. The number of nitrogens with one attached hydrogen (secondary N) is 1. The van der Waals surface area contributed by atoms with Gasteiger partial charge < -0.3 is 15.1 Å². The summed E-state index contributed by atoms with van der Waals surface area (Å²) in [6, 6.07) is 0.932. The Labute approximate surface area is 158 Å². The van der Waals surface area contributed by atoms with Crippen LogP contribution in [-0.4, -0.2) is 57.8 Å². The summed E-state index contributed by atoms with van der Waals surface area (Å²) >= 11 is 1.53. The number of rotatable bonds is 4. The van der Waals surface area contributed by atoms with Crippen molar-refractivity contribution in [1.82, 2.24) is 9.80 Å². The van der Waals surface area contributed by atoms with E-state index in [9.17, 15) is 27.6 Å². The monoisotopic (exact) mass is 401 g/mol. The van der Waals surface area contributed by atoms with Crippen LogP contribution >= 0.6 is 11.8 Å². The number of amides is 3. The van der Waals surface area contributed by atoms with Gasteiger partial charge in [0, 0.05) is 19.2 Å². The highest BCUT2D eigenvalue weighted by Crippen LogP contribution is 2.47. The lowest BCUT2D eigenvalue weighted by Gasteiger charge is -2.31. The van der Waals surface area contributed by atoms with Crippen LogP contribution in [0.5, 0.6) is 0 Å². The molecular weight excluding hydrogens is 383 g/mol. The van der Waals surface area contributed by atoms with Crippen molar-refractivity contribution < 1.29 is 27.6 Å². The van der Waals surface area contributed by atoms with Crippen molar-refractivity contribution in [3.05, 3.63) is 29.6 Å². The van der Waals surface area contributed by atoms with Crippen molar-refractivity contribution in [2.45, 2.75) is 30.7 Å². The number of thioether (sulfide) groups is 1. The maximum atomic E-state index is 13.6. The van der Waals surface area contributed by atoms with Gasteiger partial charge in [-0.15, -0.1) is 11.8 Å². The number of carbonyl (C=O) groups excluding carboxylic acids is 3. The number of hydrogen-bond donors (Lipinski definition) is 1. The molecule has 2 atom stereocenters. The van der Waals surface area contributed by atoms with Crippen LogP contribution in [0.4, 0.5) is 18.9 Å². The van der Waals surface area contributed by atoms with Gasteiger partial charge in [0.1, 0.15) is 6.04 Å². The number of hydrogen-bond acceptors (Lipinski definition) is 4. The summed E-state index contributed by atoms with van der Waals surface area (Å²) in [5.74, 6) is -5.39. The Hall–Kier alpha value is -2.23. The van der Waals surface area contributed by atoms with Gasteiger partial charge >= 0.3 is 0 Å². The molecule has 0 bridgehead atoms. The zero-order chi connectivity index (χ0) is 19.9. The molecule has 0 radical (unpaired) electrons. The fraction of sp³-hybridized carbons (Fsp3) is 0.471. The highest BCUT2D eigenvalue weighted by Gasteiger charge is 2.53. The summed E-state index contributed by atoms with van der Waals surface area (Å²) in [6.45, 7) is 1.49. The molecular formula is C17H18F3N3O3S. The average molecular weight is 401 g/mol. The van der Waals surface area contributed by atoms with E-state index >= 15 is 0 Å². The van der Waals surface area contributed by atoms with Gasteiger partial charge in [-0.2, -0.15) is 0 Å². The number of fused-ring (bicyclic) bond motifs is 1. The van der Waals surface area contributed by atoms with Crippen LogP contribution in [0.3, 0.4) is 0 Å². The smallest absolute Gasteiger partial charge is 0.246 e. The summed E-state index contributed by atoms with van der Waals surface area (Å²) in [6.07, 6.45) is 1.05. The Morgan fingerprint density at radius 2 is 2.04 bits per heavy atom. The minimum absolute atomic E-state index is 0.0949. The second-order valence-corrected chi connectivity index (χ2v) is 8.23. The molecule has 1 aromatic carbocycles. The molecule has 0 aliphatic carbocycles. The molecule has 0 saturated carbocycles. The standard InChI is InChI=1S/C17H18F3N3O3S/c1-17-6-5-13(25)23(17)11(8-27-17)16(26)22(2)7-12(24)21-10-4-3-9(18)14(19)15(10)20/h3-4,11H,5-8H2,1-2H3,(H,21,24)/t11-,17+/m0/s1. The van der Waals surface area contributed by atoms with E-state index in [0.717, 1.165) is 11.0 Å². The molecule has 2 fully saturated rings. The lowest BCUT2D eigenvalue weighted by molar-refractivity contribution is -0.143. The number of nitrogens with zero attached hydrogens (tertiary/aromatic N) is 2. The van der Waals surface area contributed by atoms with Gasteiger partial charge in [-0.25, -0.2) is 13.2 Å². The van der Waals surface area contributed by atoms with E-state index < -0.39 is 52.4 Å². The summed E-state index contributed by atoms with van der Waals surface area (Å²) in [7, 11) is 1.39. The summed E-state index contributed by atoms with van der Waals surface area (Å²) < 4.78 is 39.8. The van der Waals surface area contributed by atoms with Crippen molar-refractivity contribution in [3.63, 3.8) is 0 Å². The molecule has 10 heteroatoms. The molecule has 6 nitrogen and oxygen atoms in total. The molecule has 3 amide bonds. The molecule has 2 aliphatic heterocycles. The van der Waals surface area contributed by atoms with Crippen LogP contribution in [0, 0.1) is 17.5 Å². The predicted octanol–water partition coefficient (Wildman–Crippen LogP) is 1.95. The van der Waals surface area contributed by atoms with Crippen molar-refractivity contribution in [3.8, 4) is 0 Å². The van der Waals surface area contributed by atoms with Crippen LogP contribution in [0.15, 0.2) is 12.1 Å². The third-order valence-corrected chi connectivity index (χ3v) is 6.30. The average Bonchev–Trinajstić information content (AvgIpc) is 3.11. The lowest BCUT2D eigenvalue weighted by atomic mass is 10.2. The Morgan fingerprint density at radius 1 is 1.33 bits per heavy atom. The maximum Gasteiger partial charge on any atom is 0.246 e. The Morgan fingerprint density at radius 3 is 2.74 bits per heavy atom. The van der Waals surface area contributed by atoms with Crippen molar-refractivity contribution in [2.24, 2.45) is 0 Å². The Bertz CT molecular complexity index is 822. The molecule has 27 heavy (non-hydrogen) atoms. The highest BCUT2D eigenvalue weighted by molar-refractivity contribution is 8.01. The number of benzene rings is 1. The van der Waals surface area contributed by atoms with Crippen LogP contribution in [0.2, 0.25) is 0 Å². The first-order valence-corrected chi connectivity index (χ1v) is 9.27. The Balaban J connectivity index is 1.64. The summed E-state index contributed by atoms with van der Waals surface area (Å²) in [4.78, 5) is 39.2. The molecule has 3 rings (SSSR count). The summed E-state index contributed by atoms with van der Waals surface area (Å²) in [5.41, 5.74) is -0.515. The quantitative estimate of drug-likeness (QED) is 0.783. The molecule has 2 aliphatic rings. The van der Waals surface area contributed by atoms with Gasteiger partial charge in [0.15, 0.2) is 17.5 Å². The first-order chi connectivity index (χ1) is 12.6. The van der Waals surface area contributed by atoms with Crippen LogP contribution in [0.25, 0.3) is 0 Å². The Kier molecular flexibility index (Phi) is 5.11. The first-order valence-electron chi connectivity index (χ1n) is 8.28. The minimum Gasteiger partial charge on any atom is -0.335 e. The zero-order valence-electron chi connectivity index (χ0n) is 14.7. The van der Waals surface area contributed by atoms with Gasteiger partial charge in [0.2, 0.25) is 17.7 Å². The number of anilines is 1. The third-order valence-electron chi connectivity index (χ3n) is 4.80. The van der Waals surface area contributed by atoms with E-state index in [1.807, 2.05) is 6.92 Å². The van der Waals surface area contributed by atoms with E-state index in [0.29, 0.717) is 24.7 Å². The SMILES string of the molecule is CN(CC(=O)Nc1ccc(F)c(F)c1F)C(=O)[C@@H]1CS[C@]2(C)CCC(=O)N12. The van der Waals surface area contributed by atoms with E-state index in [1.165, 1.54) is 18.8 Å². The fourth-order valence-corrected chi connectivity index (χ4v) is 4.79. The van der Waals surface area contributed by atoms with E-state index in [4.69, 9.17) is 0 Å². The number of halogens is 3. The molecule has 1 N–H and O–H groups in total. The largest absolute Gasteiger partial charge is 0.335 e. The lowest BCUT2D eigenvalue weighted by Crippen LogP contribution is -2.51. The van der Waals surface area contributed by atoms with E-state index in [1.54, 1.807) is 4.90 Å². The van der Waals surface area contributed by atoms with Crippen molar-refractivity contribution in [1.29, 1.82) is 0 Å². The third kappa shape index (κ3) is 3.50. The molecule has 0 unspecified atom stereocenters. The van der Waals surface area contributed by atoms with Crippen LogP contribution in [-0.2, 0) is 14.4 Å². The minimum atomic E-state index is -1.69. The fourth-order valence-electron chi connectivity index (χ4n) is 3.36. The highest BCUT2D eigenvalue weighted by atomic mass is 32.2. The van der Waals surface area contributed by atoms with Crippen LogP contribution < -0.4 is 5.32 Å². The zero-order valence-corrected chi connectivity index (χ0v) is 15.5. The predicted molar refractivity (Wildman–Crippen MR) is 93.3 cm³/mol. The van der Waals surface area contributed by atoms with Gasteiger partial charge in [-0.1, -0.05) is 0 Å². The molecule has 2 saturated heterocycles. The summed E-state index contributed by atoms with van der Waals surface area (Å²) in [5, 5.41) is 2.12. The van der Waals surface area contributed by atoms with Gasteiger partial charge in [-0.05, 0) is 25.5 Å². The second-order valence-electron chi connectivity index (χ2n) is 6.73. The normalized spacial score (nSPS) is 24.1. The molecule has 0 spiro atoms. The number of likely N-dealkylation sites (N-methyl/N-ethyl adjacent to an activating group) is 1. The molecule has 0 aromatic heterocycles. The van der Waals surface area contributed by atoms with Crippen molar-refractivity contribution >= 4 is 35.2 Å². The molecule has 1 aromatic rings. The van der Waals surface area contributed by atoms with Gasteiger partial charge in [0.05, 0.1) is 17.1 Å². The second kappa shape index (κ2) is 7.06. The molecule has 2 heterocycles.